The molecule has 0 unspecified atom stereocenters. The van der Waals surface area contributed by atoms with Crippen molar-refractivity contribution in [3.8, 4) is 11.4 Å². The minimum atomic E-state index is -0.515. The molecule has 7 nitrogen and oxygen atoms in total. The molecule has 0 saturated carbocycles. The van der Waals surface area contributed by atoms with Crippen molar-refractivity contribution >= 4 is 16.6 Å². The van der Waals surface area contributed by atoms with E-state index in [0.717, 1.165) is 33.9 Å². The number of fused-ring (bicyclic) bond motifs is 3. The number of nitrogens with zero attached hydrogens (tertiary/aromatic N) is 3. The molecule has 0 aliphatic heterocycles. The Morgan fingerprint density at radius 3 is 2.42 bits per heavy atom. The second-order valence-electron chi connectivity index (χ2n) is 7.67. The average molecular weight is 412 g/mol. The maximum absolute atomic E-state index is 12.9. The molecular weight excluding hydrogens is 392 g/mol. The number of benzene rings is 3. The highest BCUT2D eigenvalue weighted by Crippen LogP contribution is 2.19. The minimum absolute atomic E-state index is 0.247. The molecule has 0 aliphatic rings. The molecule has 2 N–H and O–H groups in total. The molecule has 7 heteroatoms. The summed E-state index contributed by atoms with van der Waals surface area (Å²) in [7, 11) is 0. The van der Waals surface area contributed by atoms with E-state index in [2.05, 4.69) is 10.1 Å². The van der Waals surface area contributed by atoms with Gasteiger partial charge in [0.25, 0.3) is 0 Å². The molecule has 0 amide bonds. The van der Waals surface area contributed by atoms with Crippen molar-refractivity contribution in [2.45, 2.75) is 19.8 Å². The average Bonchev–Trinajstić information content (AvgIpc) is 3.11. The van der Waals surface area contributed by atoms with Crippen LogP contribution in [0.2, 0.25) is 0 Å². The lowest BCUT2D eigenvalue weighted by Crippen LogP contribution is -2.29. The first-order valence-electron chi connectivity index (χ1n) is 10.0. The molecule has 31 heavy (non-hydrogen) atoms. The molecule has 5 aromatic rings. The van der Waals surface area contributed by atoms with Crippen LogP contribution in [0.1, 0.15) is 16.7 Å². The Balaban J connectivity index is 1.61. The van der Waals surface area contributed by atoms with Gasteiger partial charge in [0.2, 0.25) is 0 Å². The van der Waals surface area contributed by atoms with E-state index in [1.54, 1.807) is 24.3 Å². The molecule has 0 radical (unpaired) electrons. The Morgan fingerprint density at radius 1 is 0.935 bits per heavy atom. The fraction of sp³-hybridized carbons (Fsp3) is 0.125. The zero-order valence-electron chi connectivity index (χ0n) is 16.9. The Labute approximate surface area is 176 Å². The second-order valence-corrected chi connectivity index (χ2v) is 7.67. The van der Waals surface area contributed by atoms with Crippen LogP contribution in [0.3, 0.4) is 0 Å². The number of phenols is 1. The van der Waals surface area contributed by atoms with E-state index < -0.39 is 11.4 Å². The lowest BCUT2D eigenvalue weighted by molar-refractivity contribution is 0.474. The van der Waals surface area contributed by atoms with E-state index in [9.17, 15) is 14.7 Å². The van der Waals surface area contributed by atoms with Crippen LogP contribution < -0.4 is 11.4 Å². The van der Waals surface area contributed by atoms with E-state index in [1.165, 1.54) is 4.68 Å². The van der Waals surface area contributed by atoms with Crippen LogP contribution in [0.15, 0.2) is 76.3 Å². The van der Waals surface area contributed by atoms with Gasteiger partial charge < -0.3 is 10.1 Å². The maximum atomic E-state index is 12.9. The first-order valence-corrected chi connectivity index (χ1v) is 10.0. The first-order chi connectivity index (χ1) is 15.0. The van der Waals surface area contributed by atoms with Gasteiger partial charge in [-0.3, -0.25) is 0 Å². The van der Waals surface area contributed by atoms with Gasteiger partial charge in [0.15, 0.2) is 5.65 Å². The number of hydrogen-bond acceptors (Lipinski definition) is 4. The molecule has 0 bridgehead atoms. The summed E-state index contributed by atoms with van der Waals surface area (Å²) < 4.78 is 2.32. The zero-order chi connectivity index (χ0) is 21.5. The minimum Gasteiger partial charge on any atom is -0.508 e. The summed E-state index contributed by atoms with van der Waals surface area (Å²) >= 11 is 0. The van der Waals surface area contributed by atoms with Gasteiger partial charge in [-0.25, -0.2) is 9.59 Å². The lowest BCUT2D eigenvalue weighted by Gasteiger charge is -2.05. The molecular formula is C24H20N4O3. The van der Waals surface area contributed by atoms with Gasteiger partial charge in [-0.05, 0) is 67.3 Å². The summed E-state index contributed by atoms with van der Waals surface area (Å²) in [6.45, 7) is 1.97. The molecule has 2 heterocycles. The van der Waals surface area contributed by atoms with Crippen LogP contribution in [0, 0.1) is 6.92 Å². The lowest BCUT2D eigenvalue weighted by atomic mass is 10.0. The number of nitrogens with one attached hydrogen (secondary N) is 1. The smallest absolute Gasteiger partial charge is 0.359 e. The van der Waals surface area contributed by atoms with Crippen molar-refractivity contribution in [3.63, 3.8) is 0 Å². The summed E-state index contributed by atoms with van der Waals surface area (Å²) in [6, 6.07) is 20.3. The van der Waals surface area contributed by atoms with Crippen molar-refractivity contribution in [3.05, 3.63) is 104 Å². The number of aromatic nitrogens is 4. The molecule has 0 fully saturated rings. The summed E-state index contributed by atoms with van der Waals surface area (Å²) in [4.78, 5) is 28.3. The molecule has 3 aromatic carbocycles. The number of hydrogen-bond donors (Lipinski definition) is 2. The Kier molecular flexibility index (Phi) is 4.43. The molecule has 2 aromatic heterocycles. The Bertz CT molecular complexity index is 1540. The van der Waals surface area contributed by atoms with Gasteiger partial charge >= 0.3 is 11.4 Å². The summed E-state index contributed by atoms with van der Waals surface area (Å²) in [5.41, 5.74) is 3.68. The normalized spacial score (nSPS) is 11.4. The molecule has 0 atom stereocenters. The quantitative estimate of drug-likeness (QED) is 0.474. The van der Waals surface area contributed by atoms with E-state index in [0.29, 0.717) is 22.2 Å². The summed E-state index contributed by atoms with van der Waals surface area (Å²) in [6.07, 6.45) is 1.50. The highest BCUT2D eigenvalue weighted by molar-refractivity contribution is 5.91. The van der Waals surface area contributed by atoms with Gasteiger partial charge in [0.05, 0.1) is 11.2 Å². The number of rotatable bonds is 4. The number of aryl methyl sites for hydroxylation is 3. The fourth-order valence-electron chi connectivity index (χ4n) is 3.79. The number of H-pyrrole nitrogens is 1. The summed E-state index contributed by atoms with van der Waals surface area (Å²) in [5.74, 6) is 0.247. The topological polar surface area (TPSA) is 92.4 Å². The highest BCUT2D eigenvalue weighted by Gasteiger charge is 2.15. The van der Waals surface area contributed by atoms with Crippen molar-refractivity contribution in [1.82, 2.24) is 19.2 Å². The molecule has 0 saturated heterocycles. The fourth-order valence-corrected chi connectivity index (χ4v) is 3.79. The predicted molar refractivity (Wildman–Crippen MR) is 119 cm³/mol. The van der Waals surface area contributed by atoms with Crippen molar-refractivity contribution in [2.75, 3.05) is 0 Å². The molecule has 0 aliphatic carbocycles. The zero-order valence-corrected chi connectivity index (χ0v) is 16.9. The van der Waals surface area contributed by atoms with Crippen LogP contribution in [-0.4, -0.2) is 24.3 Å². The molecule has 154 valence electrons. The van der Waals surface area contributed by atoms with Gasteiger partial charge in [-0.1, -0.05) is 35.9 Å². The largest absolute Gasteiger partial charge is 0.508 e. The van der Waals surface area contributed by atoms with Crippen molar-refractivity contribution in [2.24, 2.45) is 0 Å². The molecule has 0 spiro atoms. The van der Waals surface area contributed by atoms with Crippen LogP contribution >= 0.6 is 0 Å². The van der Waals surface area contributed by atoms with E-state index in [1.807, 2.05) is 49.4 Å². The van der Waals surface area contributed by atoms with Gasteiger partial charge in [0, 0.05) is 5.39 Å². The monoisotopic (exact) mass is 412 g/mol. The van der Waals surface area contributed by atoms with E-state index in [-0.39, 0.29) is 5.75 Å². The number of aromatic hydroxyl groups is 1. The first kappa shape index (κ1) is 18.9. The number of phenolic OH excluding ortho intramolecular Hbond substituents is 1. The van der Waals surface area contributed by atoms with Crippen molar-refractivity contribution < 1.29 is 5.11 Å². The van der Waals surface area contributed by atoms with Crippen LogP contribution in [0.4, 0.5) is 0 Å². The summed E-state index contributed by atoms with van der Waals surface area (Å²) in [5, 5.41) is 14.8. The van der Waals surface area contributed by atoms with Gasteiger partial charge in [0.1, 0.15) is 5.75 Å². The Morgan fingerprint density at radius 2 is 1.68 bits per heavy atom. The van der Waals surface area contributed by atoms with Crippen LogP contribution in [0.25, 0.3) is 22.2 Å². The molecule has 5 rings (SSSR count). The van der Waals surface area contributed by atoms with Gasteiger partial charge in [-0.15, -0.1) is 5.10 Å². The second kappa shape index (κ2) is 7.28. The standard InChI is InChI=1S/C24H20N4O3/c1-15-5-10-18(11-6-15)28-24(31)27-22(26-28)20-14-17(9-12-21(20)25-23(27)30)8-7-16-3-2-4-19(29)13-16/h2-6,9-14,29H,7-8H2,1H3,(H,25,30). The highest BCUT2D eigenvalue weighted by atomic mass is 16.3. The van der Waals surface area contributed by atoms with E-state index >= 15 is 0 Å². The van der Waals surface area contributed by atoms with Crippen LogP contribution in [-0.2, 0) is 12.8 Å². The maximum Gasteiger partial charge on any atom is 0.359 e. The third-order valence-corrected chi connectivity index (χ3v) is 5.44. The van der Waals surface area contributed by atoms with Crippen molar-refractivity contribution in [1.29, 1.82) is 0 Å². The van der Waals surface area contributed by atoms with Gasteiger partial charge in [-0.2, -0.15) is 9.08 Å². The van der Waals surface area contributed by atoms with Crippen LogP contribution in [0.5, 0.6) is 5.75 Å². The third kappa shape index (κ3) is 3.40. The number of aromatic amines is 1. The predicted octanol–water partition coefficient (Wildman–Crippen LogP) is 3.13. The van der Waals surface area contributed by atoms with E-state index in [4.69, 9.17) is 0 Å². The Hall–Kier alpha value is -4.13. The third-order valence-electron chi connectivity index (χ3n) is 5.44. The SMILES string of the molecule is Cc1ccc(-n2nc3c4cc(CCc5cccc(O)c5)ccc4[nH]c(=O)n3c2=O)cc1.